The Hall–Kier alpha value is -10.6. The Balaban J connectivity index is 0.000000130. The summed E-state index contributed by atoms with van der Waals surface area (Å²) in [6.45, 7) is 0. The van der Waals surface area contributed by atoms with E-state index in [2.05, 4.69) is 264 Å². The van der Waals surface area contributed by atoms with Crippen LogP contribution in [0.25, 0.3) is 171 Å². The zero-order chi connectivity index (χ0) is 64.5. The molecule has 0 radical (unpaired) electrons. The molecule has 15 heteroatoms. The minimum atomic E-state index is -1.00. The molecule has 96 heavy (non-hydrogen) atoms. The summed E-state index contributed by atoms with van der Waals surface area (Å²) in [5, 5.41) is 13.1. The van der Waals surface area contributed by atoms with Crippen LogP contribution in [0.1, 0.15) is 2.80 Å². The molecule has 0 bridgehead atoms. The van der Waals surface area contributed by atoms with Gasteiger partial charge in [-0.2, -0.15) is 0 Å². The van der Waals surface area contributed by atoms with Crippen molar-refractivity contribution < 1.29 is 45.6 Å². The van der Waals surface area contributed by atoms with E-state index in [0.29, 0.717) is 43.3 Å². The van der Waals surface area contributed by atoms with E-state index in [1.165, 1.54) is 88.6 Å². The number of furan rings is 2. The van der Waals surface area contributed by atoms with Gasteiger partial charge in [-0.25, -0.2) is 19.9 Å². The number of alkyl halides is 1. The third-order valence-corrected chi connectivity index (χ3v) is 18.5. The molecular weight excluding hydrogens is 1270 g/mol. The van der Waals surface area contributed by atoms with E-state index >= 15 is 0 Å². The number of halogens is 4. The van der Waals surface area contributed by atoms with Crippen LogP contribution in [0.3, 0.4) is 0 Å². The molecule has 0 aliphatic carbocycles. The smallest absolute Gasteiger partial charge is 1.00 e. The molecule has 0 saturated carbocycles. The molecule has 20 aromatic rings. The van der Waals surface area contributed by atoms with Crippen molar-refractivity contribution in [3.05, 3.63) is 295 Å². The molecule has 0 amide bonds. The Labute approximate surface area is 587 Å². The van der Waals surface area contributed by atoms with E-state index in [-0.39, 0.29) is 31.0 Å². The second-order valence-corrected chi connectivity index (χ2v) is 24.3. The molecular formula is C81H51Cl3FN8NaO2. The number of benzene rings is 12. The summed E-state index contributed by atoms with van der Waals surface area (Å²) in [6.07, 6.45) is 3.01. The van der Waals surface area contributed by atoms with Gasteiger partial charge in [0.15, 0.2) is 22.1 Å². The second kappa shape index (κ2) is 24.9. The van der Waals surface area contributed by atoms with Crippen LogP contribution in [-0.2, 0) is 0 Å². The van der Waals surface area contributed by atoms with Gasteiger partial charge in [0.2, 0.25) is 0 Å². The summed E-state index contributed by atoms with van der Waals surface area (Å²) >= 11 is 18.1. The van der Waals surface area contributed by atoms with Gasteiger partial charge in [0.1, 0.15) is 34.9 Å². The van der Waals surface area contributed by atoms with E-state index in [4.69, 9.17) is 50.0 Å². The van der Waals surface area contributed by atoms with Crippen molar-refractivity contribution in [1.82, 2.24) is 38.6 Å². The van der Waals surface area contributed by atoms with Crippen LogP contribution < -0.4 is 29.6 Å². The first kappa shape index (κ1) is 59.2. The Morgan fingerprint density at radius 3 is 1.36 bits per heavy atom. The quantitative estimate of drug-likeness (QED) is 0.136. The Morgan fingerprint density at radius 2 is 0.781 bits per heavy atom. The second-order valence-electron chi connectivity index (χ2n) is 23.1. The van der Waals surface area contributed by atoms with Gasteiger partial charge in [-0.3, -0.25) is 8.96 Å². The van der Waals surface area contributed by atoms with E-state index in [0.717, 1.165) is 60.5 Å². The first-order valence-corrected chi connectivity index (χ1v) is 31.8. The molecule has 8 heterocycles. The standard InChI is InChI=1S/C40H23ClN4O.C30H20N2.C10H4Cl2N2O.CH3F.Na.H/c41-26-16-19-37-32(22-26)38-39(46-37)40(43-23-42-38)45-34-13-7-4-10-28(34)30-17-14-25(21-36(30)45)24-15-18-35-31(20-24)29-11-5-6-12-33(29)44(35)27-8-2-1-3-9-27;1-2-8-22(9-3-1)32-29-13-7-5-11-25(29)26-18-20(15-17-30(26)32)21-14-16-24-23-10-4-6-12-27(23)31-28(24)19-21;11-5-1-2-7-6(3-5)8-9(15-7)10(12)14-4-13-8;1-2;;/h1-23H;1-19,31H;1-4H;1H3;;/q;;;;+1;-1/i;;;1D;;. The number of nitrogens with one attached hydrogen (secondary N) is 1. The average Bonchev–Trinajstić information content (AvgIpc) is 1.58. The van der Waals surface area contributed by atoms with Gasteiger partial charge >= 0.3 is 29.6 Å². The molecule has 456 valence electrons. The largest absolute Gasteiger partial charge is 1.00 e. The van der Waals surface area contributed by atoms with Crippen molar-refractivity contribution in [2.45, 2.75) is 0 Å². The predicted octanol–water partition coefficient (Wildman–Crippen LogP) is 20.4. The van der Waals surface area contributed by atoms with Gasteiger partial charge in [0, 0.05) is 86.3 Å². The van der Waals surface area contributed by atoms with E-state index < -0.39 is 7.15 Å². The maximum Gasteiger partial charge on any atom is 1.00 e. The molecule has 0 saturated heterocycles. The molecule has 0 aliphatic heterocycles. The minimum Gasteiger partial charge on any atom is -1.00 e. The van der Waals surface area contributed by atoms with E-state index in [9.17, 15) is 4.39 Å². The fourth-order valence-electron chi connectivity index (χ4n) is 13.6. The maximum absolute atomic E-state index is 9.96. The van der Waals surface area contributed by atoms with Crippen LogP contribution in [0, 0.1) is 0 Å². The van der Waals surface area contributed by atoms with Gasteiger partial charge in [-0.15, -0.1) is 0 Å². The van der Waals surface area contributed by atoms with E-state index in [1.54, 1.807) is 24.5 Å². The molecule has 20 rings (SSSR count). The third kappa shape index (κ3) is 10.2. The van der Waals surface area contributed by atoms with Gasteiger partial charge in [0.05, 0.1) is 41.6 Å². The van der Waals surface area contributed by atoms with Gasteiger partial charge < -0.3 is 24.4 Å². The van der Waals surface area contributed by atoms with Crippen molar-refractivity contribution >= 4 is 166 Å². The number of fused-ring (bicyclic) bond motifs is 18. The van der Waals surface area contributed by atoms with Crippen LogP contribution in [0.5, 0.6) is 0 Å². The molecule has 10 nitrogen and oxygen atoms in total. The Kier molecular flexibility index (Phi) is 15.4. The SMILES string of the molecule is Clc1ccc2oc3c(-n4c5ccccc5c5ccc(-c6ccc7c(c6)c6ccccc6n7-c6ccccc6)cc54)ncnc3c2c1.Clc1ccc2oc3c(Cl)ncnc3c2c1.[2H]CF.[H-].[Na+].c1ccc(-n2c3ccccc3c3cc(-c4ccc5c(c4)[nH]c4ccccc45)ccc32)cc1. The summed E-state index contributed by atoms with van der Waals surface area (Å²) in [5.74, 6) is 0.696. The zero-order valence-electron chi connectivity index (χ0n) is 53.2. The minimum absolute atomic E-state index is 0. The number of H-pyrrole nitrogens is 1. The fourth-order valence-corrected chi connectivity index (χ4v) is 14.2. The Morgan fingerprint density at radius 1 is 0.365 bits per heavy atom. The summed E-state index contributed by atoms with van der Waals surface area (Å²) in [4.78, 5) is 21.0. The number of hydrogen-bond acceptors (Lipinski definition) is 6. The third-order valence-electron chi connectivity index (χ3n) is 17.8. The first-order chi connectivity index (χ1) is 47.3. The zero-order valence-corrected chi connectivity index (χ0v) is 55.5. The monoisotopic (exact) mass is 1320 g/mol. The van der Waals surface area contributed by atoms with Crippen LogP contribution >= 0.6 is 34.8 Å². The van der Waals surface area contributed by atoms with Gasteiger partial charge in [-0.1, -0.05) is 180 Å². The molecule has 0 aliphatic rings. The molecule has 0 fully saturated rings. The molecule has 12 aromatic carbocycles. The average molecular weight is 1320 g/mol. The summed E-state index contributed by atoms with van der Waals surface area (Å²) in [7, 11) is -1.00. The molecule has 0 spiro atoms. The number of aromatic nitrogens is 8. The number of nitrogens with zero attached hydrogens (tertiary/aromatic N) is 7. The predicted molar refractivity (Wildman–Crippen MR) is 391 cm³/mol. The van der Waals surface area contributed by atoms with Crippen LogP contribution in [0.4, 0.5) is 4.39 Å². The van der Waals surface area contributed by atoms with Gasteiger partial charge in [-0.05, 0) is 144 Å². The molecule has 0 atom stereocenters. The normalized spacial score (nSPS) is 11.6. The van der Waals surface area contributed by atoms with E-state index in [1.807, 2.05) is 18.2 Å². The number of para-hydroxylation sites is 6. The topological polar surface area (TPSA) is 108 Å². The fraction of sp³-hybridized carbons (Fsp3) is 0.0123. The molecule has 0 unspecified atom stereocenters. The molecule has 8 aromatic heterocycles. The number of hydrogen-bond donors (Lipinski definition) is 1. The summed E-state index contributed by atoms with van der Waals surface area (Å²) in [6, 6.07) is 93.4. The Bertz CT molecular complexity index is 6430. The van der Waals surface area contributed by atoms with Crippen LogP contribution in [0.15, 0.2) is 288 Å². The summed E-state index contributed by atoms with van der Waals surface area (Å²) < 4.78 is 34.3. The first-order valence-electron chi connectivity index (χ1n) is 31.4. The maximum atomic E-state index is 9.96. The molecule has 1 N–H and O–H groups in total. The van der Waals surface area contributed by atoms with Crippen molar-refractivity contribution in [2.24, 2.45) is 0 Å². The number of aromatic amines is 1. The summed E-state index contributed by atoms with van der Waals surface area (Å²) in [5.41, 5.74) is 20.3. The van der Waals surface area contributed by atoms with Crippen LogP contribution in [0.2, 0.25) is 15.2 Å². The van der Waals surface area contributed by atoms with Crippen molar-refractivity contribution in [1.29, 1.82) is 0 Å². The number of rotatable bonds is 5. The van der Waals surface area contributed by atoms with Crippen molar-refractivity contribution in [2.75, 3.05) is 7.15 Å². The van der Waals surface area contributed by atoms with Gasteiger partial charge in [0.25, 0.3) is 0 Å². The van der Waals surface area contributed by atoms with Crippen molar-refractivity contribution in [3.8, 4) is 39.4 Å². The van der Waals surface area contributed by atoms with Crippen molar-refractivity contribution in [3.63, 3.8) is 0 Å². The van der Waals surface area contributed by atoms with Crippen LogP contribution in [-0.4, -0.2) is 45.8 Å².